The second-order valence-corrected chi connectivity index (χ2v) is 5.54. The van der Waals surface area contributed by atoms with Crippen molar-refractivity contribution in [1.82, 2.24) is 0 Å². The minimum absolute atomic E-state index is 0.0168. The smallest absolute Gasteiger partial charge is 0.341 e. The van der Waals surface area contributed by atoms with Crippen molar-refractivity contribution < 1.29 is 18.7 Å². The molecule has 0 radical (unpaired) electrons. The molecule has 0 aliphatic heterocycles. The lowest BCUT2D eigenvalue weighted by Gasteiger charge is -2.16. The number of amides is 1. The molecule has 5 nitrogen and oxygen atoms in total. The van der Waals surface area contributed by atoms with E-state index < -0.39 is 23.8 Å². The Morgan fingerprint density at radius 2 is 1.79 bits per heavy atom. The summed E-state index contributed by atoms with van der Waals surface area (Å²) in [5.41, 5.74) is 8.07. The second kappa shape index (κ2) is 7.12. The molecule has 0 heterocycles. The summed E-state index contributed by atoms with van der Waals surface area (Å²) in [6.45, 7) is 5.21. The maximum Gasteiger partial charge on any atom is 0.341 e. The monoisotopic (exact) mass is 330 g/mol. The molecule has 1 atom stereocenters. The Labute approximate surface area is 139 Å². The van der Waals surface area contributed by atoms with E-state index in [1.54, 1.807) is 0 Å². The maximum atomic E-state index is 13.0. The van der Waals surface area contributed by atoms with Crippen LogP contribution in [0.3, 0.4) is 0 Å². The van der Waals surface area contributed by atoms with Crippen LogP contribution in [0, 0.1) is 19.7 Å². The summed E-state index contributed by atoms with van der Waals surface area (Å²) in [4.78, 5) is 24.3. The highest BCUT2D eigenvalue weighted by Gasteiger charge is 2.21. The Bertz CT molecular complexity index is 770. The van der Waals surface area contributed by atoms with Crippen molar-refractivity contribution >= 4 is 23.3 Å². The number of anilines is 2. The molecule has 2 aromatic rings. The first-order valence-electron chi connectivity index (χ1n) is 7.42. The number of carbonyl (C=O) groups is 2. The van der Waals surface area contributed by atoms with Crippen LogP contribution in [0.15, 0.2) is 36.4 Å². The van der Waals surface area contributed by atoms with Gasteiger partial charge in [-0.2, -0.15) is 0 Å². The molecule has 0 saturated heterocycles. The van der Waals surface area contributed by atoms with Crippen LogP contribution in [0.1, 0.15) is 28.4 Å². The minimum atomic E-state index is -1.03. The maximum absolute atomic E-state index is 13.0. The number of esters is 1. The number of halogens is 1. The fourth-order valence-corrected chi connectivity index (χ4v) is 2.23. The third-order valence-electron chi connectivity index (χ3n) is 3.62. The standard InChI is InChI=1S/C18H19FN2O3/c1-10-5-4-6-11(2)16(10)21-17(22)12(3)24-18(23)14-8-7-13(19)9-15(14)20/h4-9,12H,20H2,1-3H3,(H,21,22)/t12-/m1/s1. The summed E-state index contributed by atoms with van der Waals surface area (Å²) in [6.07, 6.45) is -1.03. The van der Waals surface area contributed by atoms with Gasteiger partial charge in [0.25, 0.3) is 5.91 Å². The number of nitrogens with two attached hydrogens (primary N) is 1. The van der Waals surface area contributed by atoms with E-state index in [1.807, 2.05) is 32.0 Å². The van der Waals surface area contributed by atoms with Gasteiger partial charge in [0, 0.05) is 11.4 Å². The third kappa shape index (κ3) is 3.90. The van der Waals surface area contributed by atoms with E-state index in [0.29, 0.717) is 5.69 Å². The van der Waals surface area contributed by atoms with E-state index in [0.717, 1.165) is 23.3 Å². The zero-order valence-corrected chi connectivity index (χ0v) is 13.7. The van der Waals surface area contributed by atoms with Gasteiger partial charge in [0.2, 0.25) is 0 Å². The number of ether oxygens (including phenoxy) is 1. The third-order valence-corrected chi connectivity index (χ3v) is 3.62. The van der Waals surface area contributed by atoms with Gasteiger partial charge in [-0.3, -0.25) is 4.79 Å². The summed E-state index contributed by atoms with van der Waals surface area (Å²) in [5.74, 6) is -1.79. The molecule has 0 aliphatic carbocycles. The molecule has 0 bridgehead atoms. The number of benzene rings is 2. The lowest BCUT2D eigenvalue weighted by Crippen LogP contribution is -2.30. The Kier molecular flexibility index (Phi) is 5.18. The van der Waals surface area contributed by atoms with Gasteiger partial charge in [0.15, 0.2) is 6.10 Å². The number of para-hydroxylation sites is 1. The number of hydrogen-bond acceptors (Lipinski definition) is 4. The number of nitrogen functional groups attached to an aromatic ring is 1. The van der Waals surface area contributed by atoms with Crippen LogP contribution in [0.25, 0.3) is 0 Å². The van der Waals surface area contributed by atoms with Gasteiger partial charge in [-0.05, 0) is 50.1 Å². The number of carbonyl (C=O) groups excluding carboxylic acids is 2. The number of nitrogens with one attached hydrogen (secondary N) is 1. The van der Waals surface area contributed by atoms with Crippen LogP contribution in [-0.4, -0.2) is 18.0 Å². The van der Waals surface area contributed by atoms with Crippen molar-refractivity contribution in [2.45, 2.75) is 26.9 Å². The van der Waals surface area contributed by atoms with Crippen LogP contribution in [0.2, 0.25) is 0 Å². The molecule has 2 rings (SSSR count). The average molecular weight is 330 g/mol. The molecule has 2 aromatic carbocycles. The van der Waals surface area contributed by atoms with E-state index in [4.69, 9.17) is 10.5 Å². The van der Waals surface area contributed by atoms with Crippen molar-refractivity contribution in [2.24, 2.45) is 0 Å². The zero-order valence-electron chi connectivity index (χ0n) is 13.7. The SMILES string of the molecule is Cc1cccc(C)c1NC(=O)[C@@H](C)OC(=O)c1ccc(F)cc1N. The van der Waals surface area contributed by atoms with Crippen LogP contribution in [-0.2, 0) is 9.53 Å². The van der Waals surface area contributed by atoms with Gasteiger partial charge < -0.3 is 15.8 Å². The molecule has 24 heavy (non-hydrogen) atoms. The molecule has 0 aromatic heterocycles. The van der Waals surface area contributed by atoms with Gasteiger partial charge in [-0.15, -0.1) is 0 Å². The Morgan fingerprint density at radius 1 is 1.17 bits per heavy atom. The molecule has 6 heteroatoms. The van der Waals surface area contributed by atoms with Gasteiger partial charge in [-0.1, -0.05) is 18.2 Å². The normalized spacial score (nSPS) is 11.7. The van der Waals surface area contributed by atoms with Crippen molar-refractivity contribution in [3.05, 3.63) is 58.9 Å². The first kappa shape index (κ1) is 17.5. The molecular formula is C18H19FN2O3. The predicted octanol–water partition coefficient (Wildman–Crippen LogP) is 3.21. The molecule has 126 valence electrons. The van der Waals surface area contributed by atoms with Gasteiger partial charge in [0.05, 0.1) is 5.56 Å². The largest absolute Gasteiger partial charge is 0.449 e. The molecule has 0 saturated carbocycles. The highest BCUT2D eigenvalue weighted by atomic mass is 19.1. The molecule has 3 N–H and O–H groups in total. The van der Waals surface area contributed by atoms with Crippen LogP contribution >= 0.6 is 0 Å². The quantitative estimate of drug-likeness (QED) is 0.666. The summed E-state index contributed by atoms with van der Waals surface area (Å²) in [7, 11) is 0. The molecule has 0 spiro atoms. The topological polar surface area (TPSA) is 81.4 Å². The van der Waals surface area contributed by atoms with Crippen LogP contribution in [0.5, 0.6) is 0 Å². The Hall–Kier alpha value is -2.89. The van der Waals surface area contributed by atoms with Crippen LogP contribution in [0.4, 0.5) is 15.8 Å². The highest BCUT2D eigenvalue weighted by Crippen LogP contribution is 2.20. The molecule has 0 unspecified atom stereocenters. The van der Waals surface area contributed by atoms with E-state index in [9.17, 15) is 14.0 Å². The number of hydrogen-bond donors (Lipinski definition) is 2. The van der Waals surface area contributed by atoms with Crippen molar-refractivity contribution in [1.29, 1.82) is 0 Å². The second-order valence-electron chi connectivity index (χ2n) is 5.54. The van der Waals surface area contributed by atoms with E-state index in [2.05, 4.69) is 5.32 Å². The summed E-state index contributed by atoms with van der Waals surface area (Å²) < 4.78 is 18.1. The molecule has 0 aliphatic rings. The Balaban J connectivity index is 2.07. The number of aryl methyl sites for hydroxylation is 2. The summed E-state index contributed by atoms with van der Waals surface area (Å²) in [5, 5.41) is 2.75. The van der Waals surface area contributed by atoms with Crippen molar-refractivity contribution in [3.63, 3.8) is 0 Å². The minimum Gasteiger partial charge on any atom is -0.449 e. The fourth-order valence-electron chi connectivity index (χ4n) is 2.23. The lowest BCUT2D eigenvalue weighted by molar-refractivity contribution is -0.123. The van der Waals surface area contributed by atoms with Crippen molar-refractivity contribution in [3.8, 4) is 0 Å². The van der Waals surface area contributed by atoms with Crippen LogP contribution < -0.4 is 11.1 Å². The molecule has 0 fully saturated rings. The predicted molar refractivity (Wildman–Crippen MR) is 90.2 cm³/mol. The number of rotatable bonds is 4. The van der Waals surface area contributed by atoms with E-state index in [1.165, 1.54) is 13.0 Å². The summed E-state index contributed by atoms with van der Waals surface area (Å²) >= 11 is 0. The first-order chi connectivity index (χ1) is 11.3. The molecular weight excluding hydrogens is 311 g/mol. The van der Waals surface area contributed by atoms with Gasteiger partial charge >= 0.3 is 5.97 Å². The summed E-state index contributed by atoms with van der Waals surface area (Å²) in [6, 6.07) is 8.99. The Morgan fingerprint density at radius 3 is 2.38 bits per heavy atom. The zero-order chi connectivity index (χ0) is 17.9. The average Bonchev–Trinajstić information content (AvgIpc) is 2.50. The first-order valence-corrected chi connectivity index (χ1v) is 7.42. The van der Waals surface area contributed by atoms with E-state index in [-0.39, 0.29) is 11.3 Å². The van der Waals surface area contributed by atoms with Gasteiger partial charge in [-0.25, -0.2) is 9.18 Å². The fraction of sp³-hybridized carbons (Fsp3) is 0.222. The van der Waals surface area contributed by atoms with Gasteiger partial charge in [0.1, 0.15) is 5.82 Å². The lowest BCUT2D eigenvalue weighted by atomic mass is 10.1. The van der Waals surface area contributed by atoms with E-state index >= 15 is 0 Å². The highest BCUT2D eigenvalue weighted by molar-refractivity contribution is 6.00. The van der Waals surface area contributed by atoms with Crippen molar-refractivity contribution in [2.75, 3.05) is 11.1 Å². The molecule has 1 amide bonds.